The van der Waals surface area contributed by atoms with Crippen molar-refractivity contribution in [3.05, 3.63) is 36.0 Å². The van der Waals surface area contributed by atoms with Crippen LogP contribution in [-0.2, 0) is 4.79 Å². The first-order chi connectivity index (χ1) is 11.6. The minimum atomic E-state index is -0.261. The van der Waals surface area contributed by atoms with Crippen molar-refractivity contribution in [3.63, 3.8) is 0 Å². The van der Waals surface area contributed by atoms with Crippen LogP contribution >= 0.6 is 0 Å². The van der Waals surface area contributed by atoms with E-state index in [9.17, 15) is 9.59 Å². The molecule has 4 rings (SSSR count). The molecular formula is C18H22N4O2. The zero-order valence-electron chi connectivity index (χ0n) is 13.8. The molecule has 126 valence electrons. The lowest BCUT2D eigenvalue weighted by Crippen LogP contribution is -2.63. The van der Waals surface area contributed by atoms with Crippen molar-refractivity contribution < 1.29 is 9.59 Å². The van der Waals surface area contributed by atoms with E-state index in [2.05, 4.69) is 10.3 Å². The molecule has 2 fully saturated rings. The van der Waals surface area contributed by atoms with Crippen molar-refractivity contribution >= 4 is 22.7 Å². The molecule has 1 aromatic heterocycles. The molecule has 0 spiro atoms. The first kappa shape index (κ1) is 15.2. The fourth-order valence-corrected chi connectivity index (χ4v) is 3.50. The zero-order chi connectivity index (χ0) is 16.7. The van der Waals surface area contributed by atoms with Gasteiger partial charge < -0.3 is 20.1 Å². The number of nitrogens with one attached hydrogen (secondary N) is 2. The van der Waals surface area contributed by atoms with Crippen LogP contribution in [0.3, 0.4) is 0 Å². The van der Waals surface area contributed by atoms with Crippen molar-refractivity contribution in [3.8, 4) is 0 Å². The highest BCUT2D eigenvalue weighted by atomic mass is 16.2. The van der Waals surface area contributed by atoms with Gasteiger partial charge in [-0.05, 0) is 19.1 Å². The van der Waals surface area contributed by atoms with E-state index in [0.717, 1.165) is 24.0 Å². The molecule has 2 aromatic rings. The Kier molecular flexibility index (Phi) is 3.57. The van der Waals surface area contributed by atoms with E-state index in [1.165, 1.54) is 0 Å². The molecule has 2 amide bonds. The zero-order valence-corrected chi connectivity index (χ0v) is 13.8. The van der Waals surface area contributed by atoms with Crippen LogP contribution in [0.5, 0.6) is 0 Å². The summed E-state index contributed by atoms with van der Waals surface area (Å²) in [7, 11) is 0. The van der Waals surface area contributed by atoms with Gasteiger partial charge in [-0.25, -0.2) is 0 Å². The number of carbonyl (C=O) groups excluding carboxylic acids is 2. The maximum atomic E-state index is 12.7. The Bertz CT molecular complexity index is 752. The van der Waals surface area contributed by atoms with Crippen LogP contribution in [0.25, 0.3) is 10.9 Å². The molecule has 6 nitrogen and oxygen atoms in total. The molecule has 0 atom stereocenters. The predicted molar refractivity (Wildman–Crippen MR) is 91.8 cm³/mol. The lowest BCUT2D eigenvalue weighted by molar-refractivity contribution is -0.145. The Morgan fingerprint density at radius 2 is 1.71 bits per heavy atom. The lowest BCUT2D eigenvalue weighted by Gasteiger charge is -2.44. The number of para-hydroxylation sites is 1. The van der Waals surface area contributed by atoms with Crippen molar-refractivity contribution in [1.29, 1.82) is 0 Å². The quantitative estimate of drug-likeness (QED) is 0.867. The second-order valence-corrected chi connectivity index (χ2v) is 7.02. The Labute approximate surface area is 140 Å². The third kappa shape index (κ3) is 2.47. The molecule has 0 saturated carbocycles. The van der Waals surface area contributed by atoms with Gasteiger partial charge in [0.25, 0.3) is 5.91 Å². The Hall–Kier alpha value is -2.34. The minimum absolute atomic E-state index is 0.00909. The van der Waals surface area contributed by atoms with Gasteiger partial charge in [0.1, 0.15) is 5.69 Å². The SMILES string of the molecule is CC1(C(=O)N2CCN(C(=O)c3cc4ccccc4[nH]3)CC2)CNC1. The smallest absolute Gasteiger partial charge is 0.270 e. The number of benzene rings is 1. The van der Waals surface area contributed by atoms with Gasteiger partial charge in [0.15, 0.2) is 0 Å². The summed E-state index contributed by atoms with van der Waals surface area (Å²) in [6, 6.07) is 9.77. The number of fused-ring (bicyclic) bond motifs is 1. The first-order valence-corrected chi connectivity index (χ1v) is 8.44. The van der Waals surface area contributed by atoms with E-state index in [4.69, 9.17) is 0 Å². The number of aromatic amines is 1. The van der Waals surface area contributed by atoms with Gasteiger partial charge in [-0.15, -0.1) is 0 Å². The van der Waals surface area contributed by atoms with Crippen LogP contribution in [0.4, 0.5) is 0 Å². The van der Waals surface area contributed by atoms with Gasteiger partial charge in [0, 0.05) is 50.2 Å². The molecular weight excluding hydrogens is 304 g/mol. The van der Waals surface area contributed by atoms with Gasteiger partial charge in [-0.1, -0.05) is 18.2 Å². The van der Waals surface area contributed by atoms with E-state index >= 15 is 0 Å². The molecule has 3 heterocycles. The fraction of sp³-hybridized carbons (Fsp3) is 0.444. The van der Waals surface area contributed by atoms with Crippen molar-refractivity contribution in [2.75, 3.05) is 39.3 Å². The normalized spacial score (nSPS) is 20.0. The number of hydrogen-bond acceptors (Lipinski definition) is 3. The summed E-state index contributed by atoms with van der Waals surface area (Å²) in [5.41, 5.74) is 1.33. The van der Waals surface area contributed by atoms with Gasteiger partial charge >= 0.3 is 0 Å². The van der Waals surface area contributed by atoms with Crippen LogP contribution in [0.15, 0.2) is 30.3 Å². The topological polar surface area (TPSA) is 68.4 Å². The summed E-state index contributed by atoms with van der Waals surface area (Å²) in [5.74, 6) is 0.216. The van der Waals surface area contributed by atoms with E-state index in [1.807, 2.05) is 47.1 Å². The average molecular weight is 326 g/mol. The maximum Gasteiger partial charge on any atom is 0.270 e. The van der Waals surface area contributed by atoms with E-state index in [1.54, 1.807) is 0 Å². The summed E-state index contributed by atoms with van der Waals surface area (Å²) >= 11 is 0. The summed E-state index contributed by atoms with van der Waals surface area (Å²) in [5, 5.41) is 4.21. The summed E-state index contributed by atoms with van der Waals surface area (Å²) < 4.78 is 0. The molecule has 2 saturated heterocycles. The summed E-state index contributed by atoms with van der Waals surface area (Å²) in [6.45, 7) is 5.90. The number of rotatable bonds is 2. The van der Waals surface area contributed by atoms with Crippen LogP contribution < -0.4 is 5.32 Å². The van der Waals surface area contributed by atoms with Gasteiger partial charge in [-0.3, -0.25) is 9.59 Å². The largest absolute Gasteiger partial charge is 0.351 e. The molecule has 0 unspecified atom stereocenters. The minimum Gasteiger partial charge on any atom is -0.351 e. The summed E-state index contributed by atoms with van der Waals surface area (Å²) in [6.07, 6.45) is 0. The number of nitrogens with zero attached hydrogens (tertiary/aromatic N) is 2. The Morgan fingerprint density at radius 1 is 1.04 bits per heavy atom. The lowest BCUT2D eigenvalue weighted by atomic mass is 9.82. The number of aromatic nitrogens is 1. The van der Waals surface area contributed by atoms with Gasteiger partial charge in [-0.2, -0.15) is 0 Å². The Balaban J connectivity index is 1.41. The fourth-order valence-electron chi connectivity index (χ4n) is 3.50. The van der Waals surface area contributed by atoms with Crippen molar-refractivity contribution in [2.45, 2.75) is 6.92 Å². The third-order valence-electron chi connectivity index (χ3n) is 5.16. The molecule has 0 radical (unpaired) electrons. The van der Waals surface area contributed by atoms with Crippen molar-refractivity contribution in [2.24, 2.45) is 5.41 Å². The van der Waals surface area contributed by atoms with E-state index < -0.39 is 0 Å². The Morgan fingerprint density at radius 3 is 2.33 bits per heavy atom. The average Bonchev–Trinajstić information content (AvgIpc) is 3.02. The number of piperazine rings is 1. The highest BCUT2D eigenvalue weighted by Gasteiger charge is 2.42. The molecule has 2 aliphatic rings. The monoisotopic (exact) mass is 326 g/mol. The van der Waals surface area contributed by atoms with Gasteiger partial charge in [0.2, 0.25) is 5.91 Å². The predicted octanol–water partition coefficient (Wildman–Crippen LogP) is 1.06. The molecule has 2 aliphatic heterocycles. The molecule has 1 aromatic carbocycles. The van der Waals surface area contributed by atoms with E-state index in [0.29, 0.717) is 31.9 Å². The highest BCUT2D eigenvalue weighted by molar-refractivity contribution is 5.98. The van der Waals surface area contributed by atoms with Crippen LogP contribution in [0, 0.1) is 5.41 Å². The number of carbonyl (C=O) groups is 2. The molecule has 6 heteroatoms. The standard InChI is InChI=1S/C18H22N4O2/c1-18(11-19-12-18)17(24)22-8-6-21(7-9-22)16(23)15-10-13-4-2-3-5-14(13)20-15/h2-5,10,19-20H,6-9,11-12H2,1H3. The highest BCUT2D eigenvalue weighted by Crippen LogP contribution is 2.25. The first-order valence-electron chi connectivity index (χ1n) is 8.44. The van der Waals surface area contributed by atoms with Crippen LogP contribution in [0.1, 0.15) is 17.4 Å². The molecule has 0 aliphatic carbocycles. The van der Waals surface area contributed by atoms with E-state index in [-0.39, 0.29) is 17.2 Å². The van der Waals surface area contributed by atoms with Crippen LogP contribution in [0.2, 0.25) is 0 Å². The number of hydrogen-bond donors (Lipinski definition) is 2. The maximum absolute atomic E-state index is 12.7. The third-order valence-corrected chi connectivity index (χ3v) is 5.16. The molecule has 24 heavy (non-hydrogen) atoms. The molecule has 0 bridgehead atoms. The molecule has 2 N–H and O–H groups in total. The number of H-pyrrole nitrogens is 1. The summed E-state index contributed by atoms with van der Waals surface area (Å²) in [4.78, 5) is 32.2. The number of amides is 2. The second-order valence-electron chi connectivity index (χ2n) is 7.02. The second kappa shape index (κ2) is 5.63. The van der Waals surface area contributed by atoms with Crippen LogP contribution in [-0.4, -0.2) is 65.9 Å². The van der Waals surface area contributed by atoms with Crippen molar-refractivity contribution in [1.82, 2.24) is 20.1 Å². The van der Waals surface area contributed by atoms with Gasteiger partial charge in [0.05, 0.1) is 5.41 Å².